The van der Waals surface area contributed by atoms with E-state index in [0.29, 0.717) is 0 Å². The smallest absolute Gasteiger partial charge is 0.410 e. The van der Waals surface area contributed by atoms with Gasteiger partial charge in [0.25, 0.3) is 0 Å². The average molecular weight is 217 g/mol. The fourth-order valence-corrected chi connectivity index (χ4v) is 1.17. The Morgan fingerprint density at radius 3 is 2.20 bits per heavy atom. The lowest BCUT2D eigenvalue weighted by Crippen LogP contribution is -2.24. The zero-order chi connectivity index (χ0) is 11.6. The monoisotopic (exact) mass is 217 g/mol. The van der Waals surface area contributed by atoms with Crippen LogP contribution in [0.5, 0.6) is 0 Å². The van der Waals surface area contributed by atoms with Gasteiger partial charge in [-0.1, -0.05) is 17.3 Å². The van der Waals surface area contributed by atoms with Gasteiger partial charge in [0.1, 0.15) is 0 Å². The fourth-order valence-electron chi connectivity index (χ4n) is 1.17. The van der Waals surface area contributed by atoms with Crippen LogP contribution in [0.15, 0.2) is 23.4 Å². The summed E-state index contributed by atoms with van der Waals surface area (Å²) in [5, 5.41) is 10.6. The van der Waals surface area contributed by atoms with Crippen LogP contribution >= 0.6 is 0 Å². The Morgan fingerprint density at radius 1 is 1.20 bits per heavy atom. The second kappa shape index (κ2) is 3.92. The van der Waals surface area contributed by atoms with Crippen molar-refractivity contribution in [3.05, 3.63) is 34.9 Å². The van der Waals surface area contributed by atoms with Crippen molar-refractivity contribution in [3.63, 3.8) is 0 Å². The van der Waals surface area contributed by atoms with E-state index >= 15 is 0 Å². The lowest BCUT2D eigenvalue weighted by Gasteiger charge is -2.10. The van der Waals surface area contributed by atoms with E-state index in [9.17, 15) is 13.2 Å². The van der Waals surface area contributed by atoms with Gasteiger partial charge in [0.15, 0.2) is 5.71 Å². The first-order chi connectivity index (χ1) is 6.86. The van der Waals surface area contributed by atoms with E-state index in [-0.39, 0.29) is 5.56 Å². The largest absolute Gasteiger partial charge is 0.437 e. The Balaban J connectivity index is 3.21. The van der Waals surface area contributed by atoms with Crippen molar-refractivity contribution in [2.24, 2.45) is 5.16 Å². The van der Waals surface area contributed by atoms with E-state index in [1.807, 2.05) is 0 Å². The molecule has 0 fully saturated rings. The van der Waals surface area contributed by atoms with Crippen LogP contribution in [0.2, 0.25) is 0 Å². The van der Waals surface area contributed by atoms with E-state index in [1.54, 1.807) is 19.9 Å². The molecule has 0 radical (unpaired) electrons. The number of alkyl halides is 3. The zero-order valence-corrected chi connectivity index (χ0v) is 8.26. The van der Waals surface area contributed by atoms with Crippen LogP contribution in [0.3, 0.4) is 0 Å². The topological polar surface area (TPSA) is 32.6 Å². The van der Waals surface area contributed by atoms with E-state index in [1.165, 1.54) is 12.1 Å². The maximum atomic E-state index is 12.3. The molecule has 0 aromatic heterocycles. The first kappa shape index (κ1) is 11.6. The second-order valence-corrected chi connectivity index (χ2v) is 3.25. The van der Waals surface area contributed by atoms with Gasteiger partial charge in [0.2, 0.25) is 0 Å². The average Bonchev–Trinajstić information content (AvgIpc) is 2.10. The van der Waals surface area contributed by atoms with Crippen molar-refractivity contribution in [1.82, 2.24) is 0 Å². The highest BCUT2D eigenvalue weighted by atomic mass is 19.4. The molecule has 1 aromatic carbocycles. The number of oxime groups is 1. The minimum atomic E-state index is -4.64. The van der Waals surface area contributed by atoms with Gasteiger partial charge < -0.3 is 5.21 Å². The Labute approximate surface area is 85.0 Å². The maximum absolute atomic E-state index is 12.3. The van der Waals surface area contributed by atoms with Crippen LogP contribution < -0.4 is 0 Å². The van der Waals surface area contributed by atoms with Crippen molar-refractivity contribution in [2.45, 2.75) is 20.0 Å². The zero-order valence-electron chi connectivity index (χ0n) is 8.26. The van der Waals surface area contributed by atoms with E-state index in [2.05, 4.69) is 5.16 Å². The third-order valence-electron chi connectivity index (χ3n) is 2.15. The fraction of sp³-hybridized carbons (Fsp3) is 0.300. The predicted molar refractivity (Wildman–Crippen MR) is 50.3 cm³/mol. The Morgan fingerprint density at radius 2 is 1.80 bits per heavy atom. The van der Waals surface area contributed by atoms with Gasteiger partial charge in [0.05, 0.1) is 0 Å². The summed E-state index contributed by atoms with van der Waals surface area (Å²) < 4.78 is 37.0. The van der Waals surface area contributed by atoms with Gasteiger partial charge in [-0.2, -0.15) is 13.2 Å². The number of hydrogen-bond acceptors (Lipinski definition) is 2. The molecule has 0 heterocycles. The number of aryl methyl sites for hydroxylation is 2. The van der Waals surface area contributed by atoms with Crippen LogP contribution in [-0.2, 0) is 0 Å². The van der Waals surface area contributed by atoms with Gasteiger partial charge in [-0.15, -0.1) is 0 Å². The number of benzene rings is 1. The quantitative estimate of drug-likeness (QED) is 0.437. The third-order valence-corrected chi connectivity index (χ3v) is 2.15. The Bertz CT molecular complexity index is 396. The van der Waals surface area contributed by atoms with Crippen molar-refractivity contribution >= 4 is 5.71 Å². The van der Waals surface area contributed by atoms with Gasteiger partial charge in [-0.05, 0) is 31.0 Å². The Hall–Kier alpha value is -1.52. The lowest BCUT2D eigenvalue weighted by molar-refractivity contribution is -0.0601. The van der Waals surface area contributed by atoms with Crippen LogP contribution in [-0.4, -0.2) is 17.1 Å². The number of hydrogen-bond donors (Lipinski definition) is 1. The molecule has 0 bridgehead atoms. The molecule has 0 atom stereocenters. The lowest BCUT2D eigenvalue weighted by atomic mass is 10.0. The number of nitrogens with zero attached hydrogens (tertiary/aromatic N) is 1. The van der Waals surface area contributed by atoms with E-state index in [0.717, 1.165) is 11.1 Å². The molecule has 2 nitrogen and oxygen atoms in total. The summed E-state index contributed by atoms with van der Waals surface area (Å²) in [5.41, 5.74) is 0.204. The molecule has 82 valence electrons. The van der Waals surface area contributed by atoms with Crippen molar-refractivity contribution in [2.75, 3.05) is 0 Å². The summed E-state index contributed by atoms with van der Waals surface area (Å²) in [6.45, 7) is 3.49. The maximum Gasteiger partial charge on any atom is 0.437 e. The van der Waals surface area contributed by atoms with Gasteiger partial charge in [0, 0.05) is 5.56 Å². The first-order valence-corrected chi connectivity index (χ1v) is 4.23. The molecule has 0 unspecified atom stereocenters. The molecular weight excluding hydrogens is 207 g/mol. The van der Waals surface area contributed by atoms with E-state index in [4.69, 9.17) is 5.21 Å². The molecule has 15 heavy (non-hydrogen) atoms. The number of rotatable bonds is 1. The molecule has 0 amide bonds. The molecule has 1 aromatic rings. The molecule has 0 saturated carbocycles. The van der Waals surface area contributed by atoms with E-state index < -0.39 is 11.9 Å². The van der Waals surface area contributed by atoms with Crippen molar-refractivity contribution in [3.8, 4) is 0 Å². The summed E-state index contributed by atoms with van der Waals surface area (Å²) in [4.78, 5) is 0. The highest BCUT2D eigenvalue weighted by Crippen LogP contribution is 2.23. The molecule has 1 rings (SSSR count). The molecule has 0 aliphatic rings. The highest BCUT2D eigenvalue weighted by molar-refractivity contribution is 6.04. The standard InChI is InChI=1S/C10H10F3NO/c1-6-3-4-8(5-7(6)2)9(14-15)10(11,12)13/h3-5,15H,1-2H3/b14-9+. The molecule has 0 aliphatic heterocycles. The first-order valence-electron chi connectivity index (χ1n) is 4.23. The van der Waals surface area contributed by atoms with Crippen LogP contribution in [0.1, 0.15) is 16.7 Å². The molecule has 0 aliphatic carbocycles. The number of halogens is 3. The second-order valence-electron chi connectivity index (χ2n) is 3.25. The van der Waals surface area contributed by atoms with Gasteiger partial charge in [-0.25, -0.2) is 0 Å². The molecule has 0 spiro atoms. The van der Waals surface area contributed by atoms with Crippen LogP contribution in [0, 0.1) is 13.8 Å². The van der Waals surface area contributed by atoms with Crippen LogP contribution in [0.4, 0.5) is 13.2 Å². The molecule has 5 heteroatoms. The van der Waals surface area contributed by atoms with Gasteiger partial charge in [-0.3, -0.25) is 0 Å². The SMILES string of the molecule is Cc1ccc(/C(=N\O)C(F)(F)F)cc1C. The van der Waals surface area contributed by atoms with Crippen LogP contribution in [0.25, 0.3) is 0 Å². The summed E-state index contributed by atoms with van der Waals surface area (Å²) in [6.07, 6.45) is -4.64. The molecular formula is C10H10F3NO. The minimum absolute atomic E-state index is 0.131. The summed E-state index contributed by atoms with van der Waals surface area (Å²) in [7, 11) is 0. The minimum Gasteiger partial charge on any atom is -0.410 e. The summed E-state index contributed by atoms with van der Waals surface area (Å²) in [5.74, 6) is 0. The Kier molecular flexibility index (Phi) is 3.02. The summed E-state index contributed by atoms with van der Waals surface area (Å²) >= 11 is 0. The predicted octanol–water partition coefficient (Wildman–Crippen LogP) is 3.04. The molecule has 0 saturated heterocycles. The summed E-state index contributed by atoms with van der Waals surface area (Å²) in [6, 6.07) is 4.18. The normalized spacial score (nSPS) is 13.0. The third kappa shape index (κ3) is 2.49. The van der Waals surface area contributed by atoms with Gasteiger partial charge >= 0.3 is 6.18 Å². The van der Waals surface area contributed by atoms with Crippen molar-refractivity contribution < 1.29 is 18.4 Å². The molecule has 1 N–H and O–H groups in total. The highest BCUT2D eigenvalue weighted by Gasteiger charge is 2.37. The van der Waals surface area contributed by atoms with Crippen molar-refractivity contribution in [1.29, 1.82) is 0 Å².